The van der Waals surface area contributed by atoms with Crippen LogP contribution in [0.1, 0.15) is 26.5 Å². The molecule has 1 amide bonds. The molecule has 2 aromatic heterocycles. The van der Waals surface area contributed by atoms with Crippen molar-refractivity contribution in [2.75, 3.05) is 5.32 Å². The lowest BCUT2D eigenvalue weighted by molar-refractivity contribution is -0.116. The molecular weight excluding hydrogens is 274 g/mol. The van der Waals surface area contributed by atoms with E-state index in [2.05, 4.69) is 20.5 Å². The van der Waals surface area contributed by atoms with Crippen molar-refractivity contribution in [1.82, 2.24) is 19.7 Å². The summed E-state index contributed by atoms with van der Waals surface area (Å²) in [6.07, 6.45) is 1.27. The Morgan fingerprint density at radius 3 is 2.67 bits per heavy atom. The highest BCUT2D eigenvalue weighted by atomic mass is 16.2. The molecule has 3 N–H and O–H groups in total. The van der Waals surface area contributed by atoms with Crippen LogP contribution in [0.4, 0.5) is 5.82 Å². The summed E-state index contributed by atoms with van der Waals surface area (Å²) in [4.78, 5) is 36.3. The second-order valence-corrected chi connectivity index (χ2v) is 5.70. The van der Waals surface area contributed by atoms with Gasteiger partial charge < -0.3 is 5.32 Å². The lowest BCUT2D eigenvalue weighted by Gasteiger charge is -2.14. The number of aromatic amines is 2. The van der Waals surface area contributed by atoms with E-state index in [0.717, 1.165) is 10.3 Å². The standard InChI is InChI=1S/C13H17N5O3/c1-13(2,3)8-6-9(17-16-8)14-11(20)7-18-5-4-10(19)15-12(18)21/h4-6H,7H2,1-3H3,(H,15,19,21)(H2,14,16,17,20). The molecule has 0 aromatic carbocycles. The molecule has 8 nitrogen and oxygen atoms in total. The van der Waals surface area contributed by atoms with Crippen LogP contribution in [0.15, 0.2) is 27.9 Å². The molecule has 0 aliphatic heterocycles. The van der Waals surface area contributed by atoms with Gasteiger partial charge in [-0.3, -0.25) is 24.2 Å². The van der Waals surface area contributed by atoms with Gasteiger partial charge in [0.25, 0.3) is 5.56 Å². The van der Waals surface area contributed by atoms with Crippen LogP contribution in [0, 0.1) is 0 Å². The van der Waals surface area contributed by atoms with Gasteiger partial charge in [-0.25, -0.2) is 4.79 Å². The summed E-state index contributed by atoms with van der Waals surface area (Å²) >= 11 is 0. The molecular formula is C13H17N5O3. The van der Waals surface area contributed by atoms with Crippen LogP contribution in [0.5, 0.6) is 0 Å². The number of nitrogens with zero attached hydrogens (tertiary/aromatic N) is 2. The monoisotopic (exact) mass is 291 g/mol. The van der Waals surface area contributed by atoms with E-state index < -0.39 is 17.2 Å². The largest absolute Gasteiger partial charge is 0.328 e. The highest BCUT2D eigenvalue weighted by Gasteiger charge is 2.17. The zero-order valence-electron chi connectivity index (χ0n) is 12.1. The fourth-order valence-corrected chi connectivity index (χ4v) is 1.68. The van der Waals surface area contributed by atoms with E-state index in [-0.39, 0.29) is 12.0 Å². The summed E-state index contributed by atoms with van der Waals surface area (Å²) in [5.74, 6) is -0.0153. The number of hydrogen-bond acceptors (Lipinski definition) is 4. The fourth-order valence-electron chi connectivity index (χ4n) is 1.68. The number of H-pyrrole nitrogens is 2. The molecule has 0 atom stereocenters. The molecule has 0 saturated heterocycles. The number of nitrogens with one attached hydrogen (secondary N) is 3. The van der Waals surface area contributed by atoms with Crippen molar-refractivity contribution in [2.45, 2.75) is 32.7 Å². The number of amides is 1. The Labute approximate surface area is 120 Å². The van der Waals surface area contributed by atoms with Crippen LogP contribution in [0.2, 0.25) is 0 Å². The van der Waals surface area contributed by atoms with Crippen LogP contribution in [-0.4, -0.2) is 25.7 Å². The van der Waals surface area contributed by atoms with Crippen molar-refractivity contribution in [3.63, 3.8) is 0 Å². The minimum Gasteiger partial charge on any atom is -0.308 e. The summed E-state index contributed by atoms with van der Waals surface area (Å²) in [6.45, 7) is 5.86. The van der Waals surface area contributed by atoms with E-state index >= 15 is 0 Å². The first-order chi connectivity index (χ1) is 9.75. The summed E-state index contributed by atoms with van der Waals surface area (Å²) in [5.41, 5.74) is -0.348. The lowest BCUT2D eigenvalue weighted by atomic mass is 9.92. The maximum atomic E-state index is 11.9. The SMILES string of the molecule is CC(C)(C)c1cc(NC(=O)Cn2ccc(=O)[nH]c2=O)n[nH]1. The molecule has 0 fully saturated rings. The van der Waals surface area contributed by atoms with E-state index in [0.29, 0.717) is 5.82 Å². The maximum Gasteiger partial charge on any atom is 0.328 e. The molecule has 0 bridgehead atoms. The van der Waals surface area contributed by atoms with Gasteiger partial charge in [-0.15, -0.1) is 0 Å². The van der Waals surface area contributed by atoms with Crippen molar-refractivity contribution in [3.8, 4) is 0 Å². The van der Waals surface area contributed by atoms with Crippen LogP contribution >= 0.6 is 0 Å². The minimum atomic E-state index is -0.630. The average Bonchev–Trinajstić information content (AvgIpc) is 2.81. The quantitative estimate of drug-likeness (QED) is 0.749. The van der Waals surface area contributed by atoms with Crippen molar-refractivity contribution in [1.29, 1.82) is 0 Å². The Morgan fingerprint density at radius 2 is 2.10 bits per heavy atom. The summed E-state index contributed by atoms with van der Waals surface area (Å²) in [6, 6.07) is 2.93. The zero-order chi connectivity index (χ0) is 15.6. The van der Waals surface area contributed by atoms with Gasteiger partial charge in [0.15, 0.2) is 5.82 Å². The number of rotatable bonds is 3. The molecule has 0 unspecified atom stereocenters. The Kier molecular flexibility index (Phi) is 3.79. The molecule has 2 heterocycles. The molecule has 2 aromatic rings. The summed E-state index contributed by atoms with van der Waals surface area (Å²) < 4.78 is 1.11. The van der Waals surface area contributed by atoms with E-state index in [1.54, 1.807) is 6.07 Å². The molecule has 21 heavy (non-hydrogen) atoms. The number of carbonyl (C=O) groups excluding carboxylic acids is 1. The van der Waals surface area contributed by atoms with Crippen LogP contribution in [-0.2, 0) is 16.8 Å². The zero-order valence-corrected chi connectivity index (χ0v) is 12.1. The molecule has 0 saturated carbocycles. The van der Waals surface area contributed by atoms with Gasteiger partial charge in [0.05, 0.1) is 0 Å². The van der Waals surface area contributed by atoms with E-state index in [1.807, 2.05) is 20.8 Å². The summed E-state index contributed by atoms with van der Waals surface area (Å²) in [7, 11) is 0. The van der Waals surface area contributed by atoms with Gasteiger partial charge in [0.2, 0.25) is 5.91 Å². The van der Waals surface area contributed by atoms with E-state index in [1.165, 1.54) is 12.3 Å². The Morgan fingerprint density at radius 1 is 1.38 bits per heavy atom. The smallest absolute Gasteiger partial charge is 0.308 e. The molecule has 0 aliphatic rings. The van der Waals surface area contributed by atoms with Gasteiger partial charge in [0.1, 0.15) is 6.54 Å². The maximum absolute atomic E-state index is 11.9. The molecule has 2 rings (SSSR count). The Balaban J connectivity index is 2.07. The summed E-state index contributed by atoms with van der Waals surface area (Å²) in [5, 5.41) is 9.44. The van der Waals surface area contributed by atoms with E-state index in [4.69, 9.17) is 0 Å². The van der Waals surface area contributed by atoms with E-state index in [9.17, 15) is 14.4 Å². The number of hydrogen-bond donors (Lipinski definition) is 3. The predicted molar refractivity (Wildman–Crippen MR) is 77.2 cm³/mol. The Bertz CT molecular complexity index is 763. The number of carbonyl (C=O) groups is 1. The fraction of sp³-hybridized carbons (Fsp3) is 0.385. The first-order valence-corrected chi connectivity index (χ1v) is 6.41. The molecule has 0 spiro atoms. The normalized spacial score (nSPS) is 11.4. The van der Waals surface area contributed by atoms with Gasteiger partial charge in [-0.2, -0.15) is 5.10 Å². The minimum absolute atomic E-state index is 0.105. The number of anilines is 1. The molecule has 0 radical (unpaired) electrons. The van der Waals surface area contributed by atoms with Crippen LogP contribution < -0.4 is 16.6 Å². The molecule has 0 aliphatic carbocycles. The highest BCUT2D eigenvalue weighted by molar-refractivity contribution is 5.89. The first kappa shape index (κ1) is 14.8. The Hall–Kier alpha value is -2.64. The van der Waals surface area contributed by atoms with Crippen molar-refractivity contribution in [2.24, 2.45) is 0 Å². The third-order valence-corrected chi connectivity index (χ3v) is 2.86. The molecule has 112 valence electrons. The second-order valence-electron chi connectivity index (χ2n) is 5.70. The second kappa shape index (κ2) is 5.39. The van der Waals surface area contributed by atoms with Gasteiger partial charge in [0, 0.05) is 29.4 Å². The first-order valence-electron chi connectivity index (χ1n) is 6.41. The van der Waals surface area contributed by atoms with Gasteiger partial charge >= 0.3 is 5.69 Å². The third kappa shape index (κ3) is 3.68. The highest BCUT2D eigenvalue weighted by Crippen LogP contribution is 2.21. The van der Waals surface area contributed by atoms with Gasteiger partial charge in [-0.1, -0.05) is 20.8 Å². The number of aromatic nitrogens is 4. The predicted octanol–water partition coefficient (Wildman–Crippen LogP) is 0.196. The van der Waals surface area contributed by atoms with Crippen molar-refractivity contribution >= 4 is 11.7 Å². The topological polar surface area (TPSA) is 113 Å². The molecule has 8 heteroatoms. The van der Waals surface area contributed by atoms with Crippen molar-refractivity contribution in [3.05, 3.63) is 44.9 Å². The van der Waals surface area contributed by atoms with Crippen molar-refractivity contribution < 1.29 is 4.79 Å². The van der Waals surface area contributed by atoms with Crippen LogP contribution in [0.3, 0.4) is 0 Å². The van der Waals surface area contributed by atoms with Gasteiger partial charge in [-0.05, 0) is 0 Å². The third-order valence-electron chi connectivity index (χ3n) is 2.86. The van der Waals surface area contributed by atoms with Crippen LogP contribution in [0.25, 0.3) is 0 Å². The average molecular weight is 291 g/mol. The lowest BCUT2D eigenvalue weighted by Crippen LogP contribution is -2.32.